The van der Waals surface area contributed by atoms with Crippen molar-refractivity contribution in [2.45, 2.75) is 17.7 Å². The quantitative estimate of drug-likeness (QED) is 0.354. The summed E-state index contributed by atoms with van der Waals surface area (Å²) in [5, 5.41) is 10.8. The SMILES string of the molecule is COc1ccc(-c2nnc(SCc3c(F)cccc3Cl)c3nc(C)sc23)cc1. The largest absolute Gasteiger partial charge is 0.497 e. The first-order valence-electron chi connectivity index (χ1n) is 8.40. The second-order valence-electron chi connectivity index (χ2n) is 5.98. The molecule has 4 rings (SSSR count). The normalized spacial score (nSPS) is 11.1. The van der Waals surface area contributed by atoms with Crippen LogP contribution < -0.4 is 4.74 Å². The van der Waals surface area contributed by atoms with Crippen molar-refractivity contribution in [1.82, 2.24) is 15.2 Å². The molecule has 0 unspecified atom stereocenters. The molecule has 0 radical (unpaired) electrons. The van der Waals surface area contributed by atoms with E-state index in [2.05, 4.69) is 15.2 Å². The molecule has 4 nitrogen and oxygen atoms in total. The van der Waals surface area contributed by atoms with Crippen molar-refractivity contribution in [3.8, 4) is 17.0 Å². The van der Waals surface area contributed by atoms with Gasteiger partial charge in [-0.2, -0.15) is 0 Å². The van der Waals surface area contributed by atoms with E-state index in [9.17, 15) is 4.39 Å². The zero-order valence-corrected chi connectivity index (χ0v) is 17.5. The second-order valence-corrected chi connectivity index (χ2v) is 8.56. The van der Waals surface area contributed by atoms with Gasteiger partial charge in [-0.1, -0.05) is 29.4 Å². The molecule has 2 aromatic carbocycles. The van der Waals surface area contributed by atoms with Crippen molar-refractivity contribution in [2.24, 2.45) is 0 Å². The van der Waals surface area contributed by atoms with Gasteiger partial charge in [0, 0.05) is 21.9 Å². The molecular weight excluding hydrogens is 417 g/mol. The molecule has 0 aliphatic heterocycles. The molecule has 0 bridgehead atoms. The molecule has 0 amide bonds. The zero-order chi connectivity index (χ0) is 19.7. The molecule has 0 spiro atoms. The van der Waals surface area contributed by atoms with Gasteiger partial charge in [-0.3, -0.25) is 0 Å². The van der Waals surface area contributed by atoms with E-state index in [1.54, 1.807) is 30.6 Å². The van der Waals surface area contributed by atoms with Gasteiger partial charge in [-0.05, 0) is 43.3 Å². The smallest absolute Gasteiger partial charge is 0.146 e. The molecule has 142 valence electrons. The highest BCUT2D eigenvalue weighted by Gasteiger charge is 2.17. The third kappa shape index (κ3) is 3.70. The Hall–Kier alpha value is -2.22. The van der Waals surface area contributed by atoms with Crippen LogP contribution in [0.3, 0.4) is 0 Å². The number of rotatable bonds is 5. The molecular formula is C20H15ClFN3OS2. The zero-order valence-electron chi connectivity index (χ0n) is 15.1. The summed E-state index contributed by atoms with van der Waals surface area (Å²) in [4.78, 5) is 4.63. The third-order valence-corrected chi connectivity index (χ3v) is 6.48. The maximum atomic E-state index is 14.1. The van der Waals surface area contributed by atoms with E-state index in [-0.39, 0.29) is 5.82 Å². The minimum Gasteiger partial charge on any atom is -0.497 e. The number of thioether (sulfide) groups is 1. The average molecular weight is 432 g/mol. The van der Waals surface area contributed by atoms with E-state index in [4.69, 9.17) is 16.3 Å². The summed E-state index contributed by atoms with van der Waals surface area (Å²) in [7, 11) is 1.63. The van der Waals surface area contributed by atoms with E-state index >= 15 is 0 Å². The first-order chi connectivity index (χ1) is 13.6. The average Bonchev–Trinajstić information content (AvgIpc) is 3.09. The first kappa shape index (κ1) is 19.1. The maximum Gasteiger partial charge on any atom is 0.146 e. The predicted octanol–water partition coefficient (Wildman–Crippen LogP) is 6.16. The lowest BCUT2D eigenvalue weighted by atomic mass is 10.1. The van der Waals surface area contributed by atoms with E-state index in [0.29, 0.717) is 21.4 Å². The molecule has 0 saturated heterocycles. The summed E-state index contributed by atoms with van der Waals surface area (Å²) >= 11 is 9.08. The van der Waals surface area contributed by atoms with E-state index in [0.717, 1.165) is 32.2 Å². The van der Waals surface area contributed by atoms with Crippen LogP contribution >= 0.6 is 34.7 Å². The Morgan fingerprint density at radius 1 is 1.14 bits per heavy atom. The maximum absolute atomic E-state index is 14.1. The van der Waals surface area contributed by atoms with Crippen molar-refractivity contribution in [1.29, 1.82) is 0 Å². The van der Waals surface area contributed by atoms with Gasteiger partial charge in [0.25, 0.3) is 0 Å². The first-order valence-corrected chi connectivity index (χ1v) is 10.6. The number of aromatic nitrogens is 3. The number of nitrogens with zero attached hydrogens (tertiary/aromatic N) is 3. The number of hydrogen-bond acceptors (Lipinski definition) is 6. The van der Waals surface area contributed by atoms with Crippen molar-refractivity contribution < 1.29 is 9.13 Å². The molecule has 2 aromatic heterocycles. The van der Waals surface area contributed by atoms with Crippen LogP contribution in [0.15, 0.2) is 47.5 Å². The fourth-order valence-corrected chi connectivity index (χ4v) is 5.02. The van der Waals surface area contributed by atoms with Gasteiger partial charge in [0.1, 0.15) is 27.8 Å². The van der Waals surface area contributed by atoms with E-state index in [1.165, 1.54) is 17.8 Å². The van der Waals surface area contributed by atoms with Crippen LogP contribution in [0.25, 0.3) is 21.5 Å². The summed E-state index contributed by atoms with van der Waals surface area (Å²) in [6.45, 7) is 1.95. The second kappa shape index (κ2) is 8.03. The van der Waals surface area contributed by atoms with Crippen molar-refractivity contribution in [3.05, 3.63) is 63.9 Å². The minimum absolute atomic E-state index is 0.325. The summed E-state index contributed by atoms with van der Waals surface area (Å²) in [5.74, 6) is 0.809. The van der Waals surface area contributed by atoms with Crippen molar-refractivity contribution >= 4 is 44.9 Å². The summed E-state index contributed by atoms with van der Waals surface area (Å²) in [6, 6.07) is 12.4. The van der Waals surface area contributed by atoms with Crippen LogP contribution in [-0.4, -0.2) is 22.3 Å². The number of halogens is 2. The Labute approximate surface area is 174 Å². The van der Waals surface area contributed by atoms with Crippen LogP contribution in [-0.2, 0) is 5.75 Å². The van der Waals surface area contributed by atoms with Crippen LogP contribution in [0.1, 0.15) is 10.6 Å². The van der Waals surface area contributed by atoms with Crippen LogP contribution in [0.4, 0.5) is 4.39 Å². The summed E-state index contributed by atoms with van der Waals surface area (Å²) in [6.07, 6.45) is 0. The molecule has 0 saturated carbocycles. The Morgan fingerprint density at radius 2 is 1.93 bits per heavy atom. The highest BCUT2D eigenvalue weighted by atomic mass is 35.5. The number of benzene rings is 2. The van der Waals surface area contributed by atoms with Crippen molar-refractivity contribution in [3.63, 3.8) is 0 Å². The highest BCUT2D eigenvalue weighted by Crippen LogP contribution is 2.37. The number of ether oxygens (including phenoxy) is 1. The highest BCUT2D eigenvalue weighted by molar-refractivity contribution is 7.98. The van der Waals surface area contributed by atoms with Crippen LogP contribution in [0, 0.1) is 12.7 Å². The summed E-state index contributed by atoms with van der Waals surface area (Å²) < 4.78 is 20.2. The van der Waals surface area contributed by atoms with Gasteiger partial charge < -0.3 is 4.74 Å². The topological polar surface area (TPSA) is 47.9 Å². The lowest BCUT2D eigenvalue weighted by Gasteiger charge is -2.07. The molecule has 0 aliphatic rings. The van der Waals surface area contributed by atoms with E-state index < -0.39 is 0 Å². The van der Waals surface area contributed by atoms with Gasteiger partial charge in [-0.15, -0.1) is 21.5 Å². The van der Waals surface area contributed by atoms with Gasteiger partial charge in [-0.25, -0.2) is 9.37 Å². The fraction of sp³-hybridized carbons (Fsp3) is 0.150. The van der Waals surface area contributed by atoms with Gasteiger partial charge >= 0.3 is 0 Å². The molecule has 8 heteroatoms. The van der Waals surface area contributed by atoms with Crippen LogP contribution in [0.5, 0.6) is 5.75 Å². The monoisotopic (exact) mass is 431 g/mol. The number of methoxy groups -OCH3 is 1. The predicted molar refractivity (Wildman–Crippen MR) is 113 cm³/mol. The number of thiazole rings is 1. The molecule has 2 heterocycles. The standard InChI is InChI=1S/C20H15ClFN3OS2/c1-11-23-18-19(28-11)17(12-6-8-13(26-2)9-7-12)24-25-20(18)27-10-14-15(21)4-3-5-16(14)22/h3-9H,10H2,1-2H3. The Morgan fingerprint density at radius 3 is 2.64 bits per heavy atom. The van der Waals surface area contributed by atoms with E-state index in [1.807, 2.05) is 31.2 Å². The van der Waals surface area contributed by atoms with Crippen LogP contribution in [0.2, 0.25) is 5.02 Å². The molecule has 0 fully saturated rings. The number of aryl methyl sites for hydroxylation is 1. The Kier molecular flexibility index (Phi) is 5.48. The fourth-order valence-electron chi connectivity index (χ4n) is 2.77. The van der Waals surface area contributed by atoms with Crippen molar-refractivity contribution in [2.75, 3.05) is 7.11 Å². The number of fused-ring (bicyclic) bond motifs is 1. The molecule has 0 atom stereocenters. The Balaban J connectivity index is 1.71. The minimum atomic E-state index is -0.325. The number of hydrogen-bond donors (Lipinski definition) is 0. The van der Waals surface area contributed by atoms with Gasteiger partial charge in [0.2, 0.25) is 0 Å². The Bertz CT molecular complexity index is 1130. The lowest BCUT2D eigenvalue weighted by Crippen LogP contribution is -1.94. The molecule has 0 N–H and O–H groups in total. The van der Waals surface area contributed by atoms with Gasteiger partial charge in [0.15, 0.2) is 0 Å². The molecule has 28 heavy (non-hydrogen) atoms. The third-order valence-electron chi connectivity index (χ3n) is 4.17. The molecule has 0 aliphatic carbocycles. The lowest BCUT2D eigenvalue weighted by molar-refractivity contribution is 0.415. The molecule has 4 aromatic rings. The van der Waals surface area contributed by atoms with Gasteiger partial charge in [0.05, 0.1) is 16.8 Å². The summed E-state index contributed by atoms with van der Waals surface area (Å²) in [5.41, 5.74) is 2.95.